The van der Waals surface area contributed by atoms with E-state index in [0.717, 1.165) is 15.8 Å². The van der Waals surface area contributed by atoms with Crippen molar-refractivity contribution in [2.24, 2.45) is 5.92 Å². The minimum atomic E-state index is -0.981. The number of hydrogen-bond acceptors (Lipinski definition) is 2. The monoisotopic (exact) mass is 289 g/mol. The van der Waals surface area contributed by atoms with Crippen LogP contribution in [0.5, 0.6) is 0 Å². The van der Waals surface area contributed by atoms with Crippen molar-refractivity contribution in [1.29, 1.82) is 0 Å². The molecule has 0 saturated carbocycles. The fourth-order valence-corrected chi connectivity index (χ4v) is 3.17. The highest BCUT2D eigenvalue weighted by Crippen LogP contribution is 2.22. The van der Waals surface area contributed by atoms with Crippen LogP contribution in [0, 0.1) is 5.92 Å². The predicted octanol–water partition coefficient (Wildman–Crippen LogP) is 3.19. The zero-order valence-electron chi connectivity index (χ0n) is 9.00. The quantitative estimate of drug-likeness (QED) is 0.865. The molecule has 84 valence electrons. The Morgan fingerprint density at radius 3 is 2.73 bits per heavy atom. The molecule has 0 spiro atoms. The van der Waals surface area contributed by atoms with Crippen molar-refractivity contribution in [2.75, 3.05) is 11.5 Å². The zero-order valence-corrected chi connectivity index (χ0v) is 11.4. The molecule has 0 saturated heterocycles. The lowest BCUT2D eigenvalue weighted by Crippen LogP contribution is -2.04. The maximum atomic E-state index is 11.9. The highest BCUT2D eigenvalue weighted by atomic mass is 79.9. The van der Waals surface area contributed by atoms with E-state index < -0.39 is 10.8 Å². The Labute approximate surface area is 102 Å². The molecule has 0 amide bonds. The van der Waals surface area contributed by atoms with Gasteiger partial charge in [-0.25, -0.2) is 0 Å². The number of nitrogens with two attached hydrogens (primary N) is 1. The van der Waals surface area contributed by atoms with Gasteiger partial charge in [0.15, 0.2) is 0 Å². The van der Waals surface area contributed by atoms with Crippen LogP contribution >= 0.6 is 15.9 Å². The minimum absolute atomic E-state index is 0.572. The van der Waals surface area contributed by atoms with Gasteiger partial charge in [0.1, 0.15) is 0 Å². The van der Waals surface area contributed by atoms with E-state index in [1.165, 1.54) is 0 Å². The van der Waals surface area contributed by atoms with Crippen LogP contribution < -0.4 is 5.73 Å². The van der Waals surface area contributed by atoms with Gasteiger partial charge in [0.05, 0.1) is 15.7 Å². The largest absolute Gasteiger partial charge is 0.398 e. The summed E-state index contributed by atoms with van der Waals surface area (Å²) in [5, 5.41) is 0. The van der Waals surface area contributed by atoms with Gasteiger partial charge in [0.25, 0.3) is 0 Å². The van der Waals surface area contributed by atoms with Crippen molar-refractivity contribution in [3.05, 3.63) is 22.7 Å². The molecule has 0 aromatic heterocycles. The maximum absolute atomic E-state index is 11.9. The number of halogens is 1. The molecule has 0 heterocycles. The normalized spacial score (nSPS) is 13.1. The van der Waals surface area contributed by atoms with Gasteiger partial charge in [-0.05, 0) is 30.5 Å². The van der Waals surface area contributed by atoms with Gasteiger partial charge in [-0.1, -0.05) is 29.8 Å². The van der Waals surface area contributed by atoms with E-state index in [1.807, 2.05) is 12.1 Å². The van der Waals surface area contributed by atoms with E-state index >= 15 is 0 Å². The first-order valence-electron chi connectivity index (χ1n) is 4.94. The molecule has 1 rings (SSSR count). The molecule has 15 heavy (non-hydrogen) atoms. The van der Waals surface area contributed by atoms with Crippen molar-refractivity contribution in [3.8, 4) is 0 Å². The lowest BCUT2D eigenvalue weighted by molar-refractivity contribution is 0.619. The first-order valence-corrected chi connectivity index (χ1v) is 7.05. The predicted molar refractivity (Wildman–Crippen MR) is 69.3 cm³/mol. The third-order valence-electron chi connectivity index (χ3n) is 2.10. The van der Waals surface area contributed by atoms with Crippen molar-refractivity contribution in [1.82, 2.24) is 0 Å². The fourth-order valence-electron chi connectivity index (χ4n) is 1.16. The van der Waals surface area contributed by atoms with Crippen LogP contribution in [0.15, 0.2) is 27.6 Å². The molecule has 0 bridgehead atoms. The molecule has 4 heteroatoms. The fraction of sp³-hybridized carbons (Fsp3) is 0.455. The van der Waals surface area contributed by atoms with Crippen molar-refractivity contribution >= 4 is 32.4 Å². The highest BCUT2D eigenvalue weighted by molar-refractivity contribution is 9.10. The third-order valence-corrected chi connectivity index (χ3v) is 4.05. The van der Waals surface area contributed by atoms with Gasteiger partial charge >= 0.3 is 0 Å². The van der Waals surface area contributed by atoms with Crippen LogP contribution in [-0.4, -0.2) is 9.96 Å². The number of nitrogen functional groups attached to an aromatic ring is 1. The second-order valence-corrected chi connectivity index (χ2v) is 6.37. The van der Waals surface area contributed by atoms with Gasteiger partial charge in [-0.3, -0.25) is 4.21 Å². The summed E-state index contributed by atoms with van der Waals surface area (Å²) in [5.41, 5.74) is 6.39. The van der Waals surface area contributed by atoms with Gasteiger partial charge < -0.3 is 5.73 Å². The SMILES string of the molecule is CC(C)CCS(=O)c1cc(Br)ccc1N. The summed E-state index contributed by atoms with van der Waals surface area (Å²) in [5.74, 6) is 1.25. The van der Waals surface area contributed by atoms with E-state index in [9.17, 15) is 4.21 Å². The second kappa shape index (κ2) is 5.66. The molecule has 1 aromatic rings. The Morgan fingerprint density at radius 1 is 1.47 bits per heavy atom. The minimum Gasteiger partial charge on any atom is -0.398 e. The molecule has 0 aliphatic heterocycles. The van der Waals surface area contributed by atoms with E-state index in [0.29, 0.717) is 17.4 Å². The van der Waals surface area contributed by atoms with E-state index in [4.69, 9.17) is 5.73 Å². The highest BCUT2D eigenvalue weighted by Gasteiger charge is 2.09. The summed E-state index contributed by atoms with van der Waals surface area (Å²) >= 11 is 3.35. The molecule has 0 aliphatic rings. The van der Waals surface area contributed by atoms with Crippen molar-refractivity contribution < 1.29 is 4.21 Å². The van der Waals surface area contributed by atoms with Crippen LogP contribution in [-0.2, 0) is 10.8 Å². The van der Waals surface area contributed by atoms with Crippen LogP contribution in [0.2, 0.25) is 0 Å². The molecular weight excluding hydrogens is 274 g/mol. The third kappa shape index (κ3) is 3.95. The Bertz CT molecular complexity index is 366. The summed E-state index contributed by atoms with van der Waals surface area (Å²) in [7, 11) is -0.981. The molecule has 0 aliphatic carbocycles. The first-order chi connectivity index (χ1) is 7.00. The van der Waals surface area contributed by atoms with E-state index in [2.05, 4.69) is 29.8 Å². The summed E-state index contributed by atoms with van der Waals surface area (Å²) in [6.45, 7) is 4.25. The van der Waals surface area contributed by atoms with Crippen molar-refractivity contribution in [3.63, 3.8) is 0 Å². The first kappa shape index (κ1) is 12.7. The molecule has 0 radical (unpaired) electrons. The van der Waals surface area contributed by atoms with Crippen LogP contribution in [0.25, 0.3) is 0 Å². The molecule has 1 atom stereocenters. The zero-order chi connectivity index (χ0) is 11.4. The Balaban J connectivity index is 2.77. The second-order valence-electron chi connectivity index (χ2n) is 3.91. The van der Waals surface area contributed by atoms with Gasteiger partial charge in [0.2, 0.25) is 0 Å². The number of anilines is 1. The van der Waals surface area contributed by atoms with Gasteiger partial charge in [-0.2, -0.15) is 0 Å². The molecule has 1 unspecified atom stereocenters. The number of benzene rings is 1. The molecule has 1 aromatic carbocycles. The number of rotatable bonds is 4. The van der Waals surface area contributed by atoms with Crippen molar-refractivity contribution in [2.45, 2.75) is 25.2 Å². The lowest BCUT2D eigenvalue weighted by atomic mass is 10.2. The average molecular weight is 290 g/mol. The lowest BCUT2D eigenvalue weighted by Gasteiger charge is -2.07. The number of hydrogen-bond donors (Lipinski definition) is 1. The summed E-state index contributed by atoms with van der Waals surface area (Å²) in [4.78, 5) is 0.741. The summed E-state index contributed by atoms with van der Waals surface area (Å²) in [6, 6.07) is 5.48. The Hall–Kier alpha value is -0.350. The smallest absolute Gasteiger partial charge is 0.0628 e. The Kier molecular flexibility index (Phi) is 4.80. The van der Waals surface area contributed by atoms with Gasteiger partial charge in [0, 0.05) is 15.9 Å². The van der Waals surface area contributed by atoms with Gasteiger partial charge in [-0.15, -0.1) is 0 Å². The van der Waals surface area contributed by atoms with E-state index in [1.54, 1.807) is 6.07 Å². The summed E-state index contributed by atoms with van der Waals surface area (Å²) < 4.78 is 12.9. The van der Waals surface area contributed by atoms with Crippen LogP contribution in [0.3, 0.4) is 0 Å². The molecule has 2 nitrogen and oxygen atoms in total. The van der Waals surface area contributed by atoms with Crippen LogP contribution in [0.4, 0.5) is 5.69 Å². The van der Waals surface area contributed by atoms with Crippen LogP contribution in [0.1, 0.15) is 20.3 Å². The molecular formula is C11H16BrNOS. The average Bonchev–Trinajstić information content (AvgIpc) is 2.18. The maximum Gasteiger partial charge on any atom is 0.0628 e. The summed E-state index contributed by atoms with van der Waals surface area (Å²) in [6.07, 6.45) is 0.957. The Morgan fingerprint density at radius 2 is 2.13 bits per heavy atom. The topological polar surface area (TPSA) is 43.1 Å². The molecule has 0 fully saturated rings. The molecule has 2 N–H and O–H groups in total. The van der Waals surface area contributed by atoms with E-state index in [-0.39, 0.29) is 0 Å². The standard InChI is InChI=1S/C11H16BrNOS/c1-8(2)5-6-15(14)11-7-9(12)3-4-10(11)13/h3-4,7-8H,5-6,13H2,1-2H3.